The molecule has 0 bridgehead atoms. The lowest BCUT2D eigenvalue weighted by Crippen LogP contribution is -2.56. The quantitative estimate of drug-likeness (QED) is 0.713. The molecule has 0 aliphatic carbocycles. The summed E-state index contributed by atoms with van der Waals surface area (Å²) in [5.74, 6) is 0.387. The van der Waals surface area contributed by atoms with Crippen LogP contribution in [0.3, 0.4) is 0 Å². The maximum absolute atomic E-state index is 11.8. The van der Waals surface area contributed by atoms with Gasteiger partial charge in [0.1, 0.15) is 0 Å². The largest absolute Gasteiger partial charge is 0.372 e. The number of carbonyl (C=O) groups excluding carboxylic acids is 1. The average Bonchev–Trinajstić information content (AvgIpc) is 2.30. The summed E-state index contributed by atoms with van der Waals surface area (Å²) in [5.41, 5.74) is 0.00596. The number of hydrogen-bond donors (Lipinski definition) is 1. The zero-order valence-corrected chi connectivity index (χ0v) is 10.3. The molecule has 2 aliphatic rings. The Balaban J connectivity index is 1.88. The zero-order chi connectivity index (χ0) is 11.6. The second kappa shape index (κ2) is 4.72. The summed E-state index contributed by atoms with van der Waals surface area (Å²) in [6, 6.07) is 0. The molecular weight excluding hydrogens is 204 g/mol. The third-order valence-corrected chi connectivity index (χ3v) is 3.61. The second-order valence-corrected chi connectivity index (χ2v) is 5.19. The molecule has 2 rings (SSSR count). The minimum Gasteiger partial charge on any atom is -0.372 e. The van der Waals surface area contributed by atoms with Gasteiger partial charge in [0.05, 0.1) is 12.2 Å². The van der Waals surface area contributed by atoms with Crippen LogP contribution in [0.25, 0.3) is 0 Å². The lowest BCUT2D eigenvalue weighted by atomic mass is 9.89. The number of nitrogens with one attached hydrogen (secondary N) is 1. The van der Waals surface area contributed by atoms with Crippen LogP contribution in [0, 0.1) is 5.92 Å². The highest BCUT2D eigenvalue weighted by Gasteiger charge is 2.38. The van der Waals surface area contributed by atoms with Crippen LogP contribution in [0.5, 0.6) is 0 Å². The molecule has 0 atom stereocenters. The molecule has 2 fully saturated rings. The molecule has 0 aromatic rings. The van der Waals surface area contributed by atoms with Crippen LogP contribution in [0.1, 0.15) is 26.7 Å². The molecule has 92 valence electrons. The number of likely N-dealkylation sites (tertiary alicyclic amines) is 1. The Morgan fingerprint density at radius 2 is 2.06 bits per heavy atom. The minimum absolute atomic E-state index is 0.00596. The van der Waals surface area contributed by atoms with Gasteiger partial charge in [0.2, 0.25) is 5.91 Å². The van der Waals surface area contributed by atoms with E-state index in [2.05, 4.69) is 5.32 Å². The molecule has 2 saturated heterocycles. The van der Waals surface area contributed by atoms with Gasteiger partial charge in [-0.2, -0.15) is 0 Å². The van der Waals surface area contributed by atoms with E-state index in [0.29, 0.717) is 0 Å². The van der Waals surface area contributed by atoms with E-state index in [9.17, 15) is 4.79 Å². The molecule has 2 aliphatic heterocycles. The first-order valence-corrected chi connectivity index (χ1v) is 6.26. The fraction of sp³-hybridized carbons (Fsp3) is 0.917. The maximum Gasteiger partial charge on any atom is 0.225 e. The second-order valence-electron chi connectivity index (χ2n) is 5.19. The Bertz CT molecular complexity index is 250. The van der Waals surface area contributed by atoms with Crippen molar-refractivity contribution in [2.45, 2.75) is 32.3 Å². The van der Waals surface area contributed by atoms with E-state index < -0.39 is 0 Å². The topological polar surface area (TPSA) is 41.6 Å². The number of piperidine rings is 1. The first-order chi connectivity index (χ1) is 7.63. The van der Waals surface area contributed by atoms with Crippen molar-refractivity contribution >= 4 is 5.91 Å². The van der Waals surface area contributed by atoms with Crippen LogP contribution in [-0.2, 0) is 9.53 Å². The van der Waals surface area contributed by atoms with Crippen molar-refractivity contribution in [1.82, 2.24) is 10.2 Å². The van der Waals surface area contributed by atoms with E-state index in [1.807, 2.05) is 18.7 Å². The summed E-state index contributed by atoms with van der Waals surface area (Å²) < 4.78 is 5.89. The highest BCUT2D eigenvalue weighted by atomic mass is 16.5. The molecule has 1 amide bonds. The van der Waals surface area contributed by atoms with Gasteiger partial charge in [-0.15, -0.1) is 0 Å². The summed E-state index contributed by atoms with van der Waals surface area (Å²) in [6.45, 7) is 8.32. The Hall–Kier alpha value is -0.610. The lowest BCUT2D eigenvalue weighted by Gasteiger charge is -2.44. The van der Waals surface area contributed by atoms with Gasteiger partial charge in [0, 0.05) is 32.1 Å². The van der Waals surface area contributed by atoms with E-state index >= 15 is 0 Å². The van der Waals surface area contributed by atoms with E-state index in [0.717, 1.165) is 45.6 Å². The van der Waals surface area contributed by atoms with E-state index in [-0.39, 0.29) is 17.4 Å². The third-order valence-electron chi connectivity index (χ3n) is 3.61. The first kappa shape index (κ1) is 11.9. The van der Waals surface area contributed by atoms with E-state index in [1.165, 1.54) is 0 Å². The van der Waals surface area contributed by atoms with Crippen molar-refractivity contribution < 1.29 is 9.53 Å². The monoisotopic (exact) mass is 226 g/mol. The van der Waals surface area contributed by atoms with Crippen molar-refractivity contribution in [3.05, 3.63) is 0 Å². The van der Waals surface area contributed by atoms with Crippen LogP contribution in [0.4, 0.5) is 0 Å². The number of nitrogens with zero attached hydrogens (tertiary/aromatic N) is 1. The molecule has 0 saturated carbocycles. The highest BCUT2D eigenvalue weighted by Crippen LogP contribution is 2.27. The van der Waals surface area contributed by atoms with Gasteiger partial charge < -0.3 is 15.0 Å². The van der Waals surface area contributed by atoms with Crippen molar-refractivity contribution in [1.29, 1.82) is 0 Å². The highest BCUT2D eigenvalue weighted by molar-refractivity contribution is 5.78. The van der Waals surface area contributed by atoms with E-state index in [4.69, 9.17) is 4.74 Å². The fourth-order valence-corrected chi connectivity index (χ4v) is 2.53. The van der Waals surface area contributed by atoms with Crippen LogP contribution in [-0.4, -0.2) is 49.2 Å². The van der Waals surface area contributed by atoms with Crippen molar-refractivity contribution in [2.24, 2.45) is 5.92 Å². The van der Waals surface area contributed by atoms with Gasteiger partial charge in [-0.05, 0) is 12.8 Å². The fourth-order valence-electron chi connectivity index (χ4n) is 2.53. The van der Waals surface area contributed by atoms with Gasteiger partial charge in [0.25, 0.3) is 0 Å². The predicted octanol–water partition coefficient (Wildman–Crippen LogP) is 0.623. The van der Waals surface area contributed by atoms with Gasteiger partial charge in [-0.3, -0.25) is 4.79 Å². The SMILES string of the molecule is CC(C)C(=O)N1CCC2(CC1)CNCCO2. The van der Waals surface area contributed by atoms with Crippen molar-refractivity contribution in [2.75, 3.05) is 32.8 Å². The Kier molecular flexibility index (Phi) is 3.50. The van der Waals surface area contributed by atoms with Crippen LogP contribution in [0.15, 0.2) is 0 Å². The van der Waals surface area contributed by atoms with Gasteiger partial charge in [-0.1, -0.05) is 13.8 Å². The molecule has 0 aromatic carbocycles. The summed E-state index contributed by atoms with van der Waals surface area (Å²) in [5, 5.41) is 3.38. The Morgan fingerprint density at radius 3 is 2.56 bits per heavy atom. The van der Waals surface area contributed by atoms with Crippen LogP contribution in [0.2, 0.25) is 0 Å². The molecule has 0 unspecified atom stereocenters. The number of ether oxygens (including phenoxy) is 1. The predicted molar refractivity (Wildman–Crippen MR) is 62.2 cm³/mol. The molecular formula is C12H22N2O2. The Morgan fingerprint density at radius 1 is 1.38 bits per heavy atom. The van der Waals surface area contributed by atoms with Crippen molar-refractivity contribution in [3.8, 4) is 0 Å². The molecule has 0 radical (unpaired) electrons. The zero-order valence-electron chi connectivity index (χ0n) is 10.3. The van der Waals surface area contributed by atoms with Gasteiger partial charge in [-0.25, -0.2) is 0 Å². The first-order valence-electron chi connectivity index (χ1n) is 6.26. The minimum atomic E-state index is 0.00596. The number of carbonyl (C=O) groups is 1. The third kappa shape index (κ3) is 2.38. The summed E-state index contributed by atoms with van der Waals surface area (Å²) in [6.07, 6.45) is 1.94. The average molecular weight is 226 g/mol. The van der Waals surface area contributed by atoms with E-state index in [1.54, 1.807) is 0 Å². The molecule has 4 nitrogen and oxygen atoms in total. The molecule has 16 heavy (non-hydrogen) atoms. The lowest BCUT2D eigenvalue weighted by molar-refractivity contribution is -0.143. The van der Waals surface area contributed by atoms with Gasteiger partial charge >= 0.3 is 0 Å². The summed E-state index contributed by atoms with van der Waals surface area (Å²) in [7, 11) is 0. The molecule has 2 heterocycles. The molecule has 4 heteroatoms. The Labute approximate surface area is 97.3 Å². The van der Waals surface area contributed by atoms with Gasteiger partial charge in [0.15, 0.2) is 0 Å². The molecule has 0 aromatic heterocycles. The molecule has 1 spiro atoms. The number of amides is 1. The number of hydrogen-bond acceptors (Lipinski definition) is 3. The van der Waals surface area contributed by atoms with Crippen LogP contribution >= 0.6 is 0 Å². The smallest absolute Gasteiger partial charge is 0.225 e. The molecule has 1 N–H and O–H groups in total. The summed E-state index contributed by atoms with van der Waals surface area (Å²) in [4.78, 5) is 13.8. The number of morpholine rings is 1. The maximum atomic E-state index is 11.8. The standard InChI is InChI=1S/C12H22N2O2/c1-10(2)11(15)14-6-3-12(4-7-14)9-13-5-8-16-12/h10,13H,3-9H2,1-2H3. The normalized spacial score (nSPS) is 25.1. The number of rotatable bonds is 1. The van der Waals surface area contributed by atoms with Crippen LogP contribution < -0.4 is 5.32 Å². The summed E-state index contributed by atoms with van der Waals surface area (Å²) >= 11 is 0. The van der Waals surface area contributed by atoms with Crippen molar-refractivity contribution in [3.63, 3.8) is 0 Å².